The van der Waals surface area contributed by atoms with Crippen molar-refractivity contribution in [2.75, 3.05) is 26.7 Å². The van der Waals surface area contributed by atoms with E-state index in [1.165, 1.54) is 19.3 Å². The maximum absolute atomic E-state index is 8.93. The van der Waals surface area contributed by atoms with E-state index in [1.807, 2.05) is 7.05 Å². The van der Waals surface area contributed by atoms with Gasteiger partial charge in [0.1, 0.15) is 0 Å². The Morgan fingerprint density at radius 3 is 2.92 bits per heavy atom. The maximum Gasteiger partial charge on any atom is 0.0558 e. The Morgan fingerprint density at radius 1 is 1.54 bits per heavy atom. The van der Waals surface area contributed by atoms with Gasteiger partial charge in [0.15, 0.2) is 0 Å². The SMILES string of the molecule is CNC(C)C1CCCCN1CCO. The molecule has 1 aliphatic heterocycles. The average Bonchev–Trinajstić information content (AvgIpc) is 2.18. The van der Waals surface area contributed by atoms with Crippen molar-refractivity contribution in [1.82, 2.24) is 10.2 Å². The van der Waals surface area contributed by atoms with Crippen molar-refractivity contribution in [3.8, 4) is 0 Å². The van der Waals surface area contributed by atoms with E-state index in [0.29, 0.717) is 12.1 Å². The van der Waals surface area contributed by atoms with Gasteiger partial charge in [-0.15, -0.1) is 0 Å². The summed E-state index contributed by atoms with van der Waals surface area (Å²) in [6.07, 6.45) is 3.88. The lowest BCUT2D eigenvalue weighted by Gasteiger charge is -2.38. The minimum atomic E-state index is 0.285. The van der Waals surface area contributed by atoms with E-state index in [4.69, 9.17) is 5.11 Å². The third-order valence-corrected chi connectivity index (χ3v) is 3.08. The molecule has 0 amide bonds. The van der Waals surface area contributed by atoms with E-state index in [1.54, 1.807) is 0 Å². The van der Waals surface area contributed by atoms with Gasteiger partial charge in [0.25, 0.3) is 0 Å². The summed E-state index contributed by atoms with van der Waals surface area (Å²) in [7, 11) is 2.01. The van der Waals surface area contributed by atoms with Crippen LogP contribution in [0.4, 0.5) is 0 Å². The van der Waals surface area contributed by atoms with Crippen molar-refractivity contribution in [1.29, 1.82) is 0 Å². The van der Waals surface area contributed by atoms with Gasteiger partial charge >= 0.3 is 0 Å². The molecule has 0 aliphatic carbocycles. The summed E-state index contributed by atoms with van der Waals surface area (Å²) in [5, 5.41) is 12.2. The Bertz CT molecular complexity index is 139. The first-order valence-corrected chi connectivity index (χ1v) is 5.31. The Labute approximate surface area is 81.1 Å². The summed E-state index contributed by atoms with van der Waals surface area (Å²) >= 11 is 0. The lowest BCUT2D eigenvalue weighted by molar-refractivity contribution is 0.0972. The zero-order valence-corrected chi connectivity index (χ0v) is 8.79. The van der Waals surface area contributed by atoms with Gasteiger partial charge in [-0.25, -0.2) is 0 Å². The molecule has 2 atom stereocenters. The molecule has 0 aromatic rings. The number of aliphatic hydroxyl groups excluding tert-OH is 1. The second-order valence-corrected chi connectivity index (χ2v) is 3.90. The Morgan fingerprint density at radius 2 is 2.31 bits per heavy atom. The van der Waals surface area contributed by atoms with E-state index >= 15 is 0 Å². The summed E-state index contributed by atoms with van der Waals surface area (Å²) < 4.78 is 0. The molecule has 3 nitrogen and oxygen atoms in total. The summed E-state index contributed by atoms with van der Waals surface area (Å²) in [6, 6.07) is 1.15. The summed E-state index contributed by atoms with van der Waals surface area (Å²) in [4.78, 5) is 2.41. The number of nitrogens with zero attached hydrogens (tertiary/aromatic N) is 1. The fourth-order valence-corrected chi connectivity index (χ4v) is 2.18. The highest BCUT2D eigenvalue weighted by Gasteiger charge is 2.25. The van der Waals surface area contributed by atoms with Crippen LogP contribution in [0.15, 0.2) is 0 Å². The van der Waals surface area contributed by atoms with Crippen molar-refractivity contribution in [3.05, 3.63) is 0 Å². The lowest BCUT2D eigenvalue weighted by atomic mass is 9.96. The number of β-amino-alcohol motifs (C(OH)–C–C–N with tert-alkyl or cyclic N) is 1. The van der Waals surface area contributed by atoms with Crippen LogP contribution in [-0.4, -0.2) is 48.8 Å². The van der Waals surface area contributed by atoms with E-state index < -0.39 is 0 Å². The number of hydrogen-bond acceptors (Lipinski definition) is 3. The largest absolute Gasteiger partial charge is 0.395 e. The van der Waals surface area contributed by atoms with Gasteiger partial charge in [-0.1, -0.05) is 6.42 Å². The zero-order chi connectivity index (χ0) is 9.68. The molecule has 1 heterocycles. The number of piperidine rings is 1. The Balaban J connectivity index is 2.45. The van der Waals surface area contributed by atoms with Crippen LogP contribution in [0.25, 0.3) is 0 Å². The zero-order valence-electron chi connectivity index (χ0n) is 8.79. The Kier molecular flexibility index (Phi) is 4.70. The number of rotatable bonds is 4. The van der Waals surface area contributed by atoms with Crippen LogP contribution >= 0.6 is 0 Å². The molecule has 1 aliphatic rings. The van der Waals surface area contributed by atoms with E-state index in [2.05, 4.69) is 17.1 Å². The van der Waals surface area contributed by atoms with Gasteiger partial charge in [0.05, 0.1) is 6.61 Å². The molecule has 2 N–H and O–H groups in total. The first kappa shape index (κ1) is 11.0. The highest BCUT2D eigenvalue weighted by molar-refractivity contribution is 4.83. The quantitative estimate of drug-likeness (QED) is 0.669. The van der Waals surface area contributed by atoms with Crippen molar-refractivity contribution in [2.45, 2.75) is 38.3 Å². The van der Waals surface area contributed by atoms with Crippen molar-refractivity contribution in [2.24, 2.45) is 0 Å². The highest BCUT2D eigenvalue weighted by Crippen LogP contribution is 2.18. The van der Waals surface area contributed by atoms with E-state index in [-0.39, 0.29) is 6.61 Å². The molecule has 0 aromatic heterocycles. The smallest absolute Gasteiger partial charge is 0.0558 e. The standard InChI is InChI=1S/C10H22N2O/c1-9(11-2)10-5-3-4-6-12(10)7-8-13/h9-11,13H,3-8H2,1-2H3. The number of nitrogens with one attached hydrogen (secondary N) is 1. The third-order valence-electron chi connectivity index (χ3n) is 3.08. The fraction of sp³-hybridized carbons (Fsp3) is 1.00. The van der Waals surface area contributed by atoms with Crippen LogP contribution in [0, 0.1) is 0 Å². The first-order chi connectivity index (χ1) is 6.29. The first-order valence-electron chi connectivity index (χ1n) is 5.31. The van der Waals surface area contributed by atoms with Crippen molar-refractivity contribution in [3.63, 3.8) is 0 Å². The van der Waals surface area contributed by atoms with Crippen LogP contribution in [0.1, 0.15) is 26.2 Å². The van der Waals surface area contributed by atoms with Crippen LogP contribution in [0.2, 0.25) is 0 Å². The number of likely N-dealkylation sites (N-methyl/N-ethyl adjacent to an activating group) is 1. The highest BCUT2D eigenvalue weighted by atomic mass is 16.3. The van der Waals surface area contributed by atoms with Gasteiger partial charge in [-0.05, 0) is 33.4 Å². The summed E-state index contributed by atoms with van der Waals surface area (Å²) in [5.41, 5.74) is 0. The second-order valence-electron chi connectivity index (χ2n) is 3.90. The summed E-state index contributed by atoms with van der Waals surface area (Å²) in [6.45, 7) is 4.49. The molecule has 0 spiro atoms. The minimum Gasteiger partial charge on any atom is -0.395 e. The maximum atomic E-state index is 8.93. The third kappa shape index (κ3) is 2.93. The molecular weight excluding hydrogens is 164 g/mol. The van der Waals surface area contributed by atoms with Gasteiger partial charge in [0, 0.05) is 18.6 Å². The molecule has 3 heteroatoms. The van der Waals surface area contributed by atoms with Crippen molar-refractivity contribution >= 4 is 0 Å². The molecule has 0 radical (unpaired) electrons. The van der Waals surface area contributed by atoms with Crippen LogP contribution in [-0.2, 0) is 0 Å². The molecule has 78 valence electrons. The second kappa shape index (κ2) is 5.58. The topological polar surface area (TPSA) is 35.5 Å². The van der Waals surface area contributed by atoms with Gasteiger partial charge in [-0.2, -0.15) is 0 Å². The minimum absolute atomic E-state index is 0.285. The molecule has 13 heavy (non-hydrogen) atoms. The van der Waals surface area contributed by atoms with E-state index in [0.717, 1.165) is 13.1 Å². The molecule has 1 saturated heterocycles. The van der Waals surface area contributed by atoms with E-state index in [9.17, 15) is 0 Å². The fourth-order valence-electron chi connectivity index (χ4n) is 2.18. The van der Waals surface area contributed by atoms with Crippen molar-refractivity contribution < 1.29 is 5.11 Å². The molecule has 0 saturated carbocycles. The van der Waals surface area contributed by atoms with Crippen LogP contribution in [0.5, 0.6) is 0 Å². The van der Waals surface area contributed by atoms with Crippen LogP contribution in [0.3, 0.4) is 0 Å². The molecule has 1 rings (SSSR count). The van der Waals surface area contributed by atoms with Crippen LogP contribution < -0.4 is 5.32 Å². The molecule has 0 bridgehead atoms. The molecular formula is C10H22N2O. The molecule has 0 aromatic carbocycles. The molecule has 2 unspecified atom stereocenters. The Hall–Kier alpha value is -0.120. The predicted molar refractivity (Wildman–Crippen MR) is 54.8 cm³/mol. The number of likely N-dealkylation sites (tertiary alicyclic amines) is 1. The van der Waals surface area contributed by atoms with Gasteiger partial charge in [0.2, 0.25) is 0 Å². The van der Waals surface area contributed by atoms with Gasteiger partial charge in [-0.3, -0.25) is 4.90 Å². The molecule has 1 fully saturated rings. The predicted octanol–water partition coefficient (Wildman–Crippen LogP) is 0.441. The average molecular weight is 186 g/mol. The normalized spacial score (nSPS) is 27.5. The number of hydrogen-bond donors (Lipinski definition) is 2. The lowest BCUT2D eigenvalue weighted by Crippen LogP contribution is -2.50. The summed E-state index contributed by atoms with van der Waals surface area (Å²) in [5.74, 6) is 0. The number of aliphatic hydroxyl groups is 1. The monoisotopic (exact) mass is 186 g/mol. The van der Waals surface area contributed by atoms with Gasteiger partial charge < -0.3 is 10.4 Å².